The quantitative estimate of drug-likeness (QED) is 0.721. The minimum atomic E-state index is -3.65. The Morgan fingerprint density at radius 3 is 2.40 bits per heavy atom. The van der Waals surface area contributed by atoms with Gasteiger partial charge in [0.25, 0.3) is 0 Å². The highest BCUT2D eigenvalue weighted by atomic mass is 32.2. The van der Waals surface area contributed by atoms with Crippen molar-refractivity contribution < 1.29 is 13.5 Å². The summed E-state index contributed by atoms with van der Waals surface area (Å²) in [6, 6.07) is 4.32. The Morgan fingerprint density at radius 2 is 1.95 bits per heavy atom. The number of rotatable bonds is 5. The molecule has 20 heavy (non-hydrogen) atoms. The van der Waals surface area contributed by atoms with Crippen LogP contribution in [-0.2, 0) is 10.0 Å². The van der Waals surface area contributed by atoms with E-state index in [0.717, 1.165) is 5.56 Å². The minimum Gasteiger partial charge on any atom is -0.398 e. The van der Waals surface area contributed by atoms with Crippen LogP contribution in [0.4, 0.5) is 5.69 Å². The second-order valence-corrected chi connectivity index (χ2v) is 7.78. The number of nitrogens with two attached hydrogens (primary N) is 1. The van der Waals surface area contributed by atoms with E-state index in [1.807, 2.05) is 27.7 Å². The van der Waals surface area contributed by atoms with E-state index in [9.17, 15) is 8.42 Å². The maximum absolute atomic E-state index is 12.4. The molecule has 114 valence electrons. The van der Waals surface area contributed by atoms with Gasteiger partial charge in [0, 0.05) is 18.3 Å². The molecular formula is C14H24N2O3S. The number of hydrogen-bond donors (Lipinski definition) is 3. The van der Waals surface area contributed by atoms with Crippen LogP contribution in [-0.4, -0.2) is 26.2 Å². The molecule has 1 aromatic rings. The van der Waals surface area contributed by atoms with E-state index in [0.29, 0.717) is 12.1 Å². The topological polar surface area (TPSA) is 92.4 Å². The number of nitrogen functional groups attached to an aromatic ring is 1. The van der Waals surface area contributed by atoms with E-state index in [1.165, 1.54) is 12.1 Å². The van der Waals surface area contributed by atoms with Gasteiger partial charge in [0.05, 0.1) is 4.90 Å². The summed E-state index contributed by atoms with van der Waals surface area (Å²) in [7, 11) is -3.65. The van der Waals surface area contributed by atoms with Crippen molar-refractivity contribution in [3.63, 3.8) is 0 Å². The summed E-state index contributed by atoms with van der Waals surface area (Å²) in [5.41, 5.74) is 6.76. The molecule has 0 heterocycles. The Bertz CT molecular complexity index is 562. The van der Waals surface area contributed by atoms with Crippen molar-refractivity contribution in [3.05, 3.63) is 23.8 Å². The predicted octanol–water partition coefficient (Wildman–Crippen LogP) is 1.65. The fourth-order valence-corrected chi connectivity index (χ4v) is 3.35. The van der Waals surface area contributed by atoms with E-state index in [1.54, 1.807) is 6.07 Å². The first-order chi connectivity index (χ1) is 9.08. The summed E-state index contributed by atoms with van der Waals surface area (Å²) in [5, 5.41) is 9.09. The summed E-state index contributed by atoms with van der Waals surface area (Å²) in [6.45, 7) is 7.54. The third kappa shape index (κ3) is 4.19. The zero-order valence-electron chi connectivity index (χ0n) is 12.5. The van der Waals surface area contributed by atoms with Gasteiger partial charge in [-0.05, 0) is 36.5 Å². The zero-order chi connectivity index (χ0) is 15.6. The molecule has 1 aromatic carbocycles. The molecule has 0 amide bonds. The summed E-state index contributed by atoms with van der Waals surface area (Å²) in [5.74, 6) is 0. The third-order valence-electron chi connectivity index (χ3n) is 3.32. The van der Waals surface area contributed by atoms with Gasteiger partial charge in [-0.1, -0.05) is 26.8 Å². The number of aliphatic hydroxyl groups is 1. The van der Waals surface area contributed by atoms with E-state index >= 15 is 0 Å². The lowest BCUT2D eigenvalue weighted by molar-refractivity contribution is 0.214. The maximum Gasteiger partial charge on any atom is 0.240 e. The van der Waals surface area contributed by atoms with Crippen molar-refractivity contribution in [2.75, 3.05) is 12.3 Å². The Labute approximate surface area is 121 Å². The molecule has 0 radical (unpaired) electrons. The van der Waals surface area contributed by atoms with Crippen molar-refractivity contribution in [2.24, 2.45) is 5.41 Å². The van der Waals surface area contributed by atoms with Crippen LogP contribution in [0.2, 0.25) is 0 Å². The van der Waals surface area contributed by atoms with Crippen molar-refractivity contribution in [1.82, 2.24) is 4.72 Å². The molecule has 5 nitrogen and oxygen atoms in total. The van der Waals surface area contributed by atoms with Crippen molar-refractivity contribution in [2.45, 2.75) is 45.1 Å². The number of anilines is 1. The predicted molar refractivity (Wildman–Crippen MR) is 80.9 cm³/mol. The average Bonchev–Trinajstić information content (AvgIpc) is 2.30. The molecule has 0 spiro atoms. The first-order valence-corrected chi connectivity index (χ1v) is 8.05. The molecule has 6 heteroatoms. The fraction of sp³-hybridized carbons (Fsp3) is 0.571. The number of aliphatic hydroxyl groups excluding tert-OH is 1. The third-order valence-corrected chi connectivity index (χ3v) is 4.79. The van der Waals surface area contributed by atoms with Gasteiger partial charge in [-0.25, -0.2) is 13.1 Å². The van der Waals surface area contributed by atoms with Gasteiger partial charge in [0.15, 0.2) is 0 Å². The van der Waals surface area contributed by atoms with Crippen molar-refractivity contribution in [1.29, 1.82) is 0 Å². The molecule has 0 saturated heterocycles. The van der Waals surface area contributed by atoms with Crippen molar-refractivity contribution >= 4 is 15.7 Å². The fourth-order valence-electron chi connectivity index (χ4n) is 1.84. The summed E-state index contributed by atoms with van der Waals surface area (Å²) >= 11 is 0. The Kier molecular flexibility index (Phi) is 5.18. The zero-order valence-corrected chi connectivity index (χ0v) is 13.3. The van der Waals surface area contributed by atoms with E-state index in [-0.39, 0.29) is 23.0 Å². The molecule has 0 fully saturated rings. The standard InChI is InChI=1S/C14H24N2O3S/c1-10-5-6-11(9-12(10)15)20(18,19)16-13(7-8-17)14(2,3)4/h5-6,9,13,16-17H,7-8,15H2,1-4H3. The van der Waals surface area contributed by atoms with Crippen LogP contribution in [0, 0.1) is 12.3 Å². The molecular weight excluding hydrogens is 276 g/mol. The monoisotopic (exact) mass is 300 g/mol. The van der Waals surface area contributed by atoms with E-state index in [4.69, 9.17) is 10.8 Å². The van der Waals surface area contributed by atoms with Crippen LogP contribution in [0.25, 0.3) is 0 Å². The van der Waals surface area contributed by atoms with Gasteiger partial charge in [0.1, 0.15) is 0 Å². The first kappa shape index (κ1) is 16.9. The van der Waals surface area contributed by atoms with Crippen LogP contribution in [0.15, 0.2) is 23.1 Å². The molecule has 1 rings (SSSR count). The number of nitrogens with one attached hydrogen (secondary N) is 1. The molecule has 0 aliphatic rings. The van der Waals surface area contributed by atoms with Gasteiger partial charge in [-0.2, -0.15) is 0 Å². The maximum atomic E-state index is 12.4. The number of sulfonamides is 1. The Balaban J connectivity index is 3.06. The highest BCUT2D eigenvalue weighted by Crippen LogP contribution is 2.24. The van der Waals surface area contributed by atoms with Gasteiger partial charge in [0.2, 0.25) is 10.0 Å². The summed E-state index contributed by atoms with van der Waals surface area (Å²) in [4.78, 5) is 0.146. The number of benzene rings is 1. The lowest BCUT2D eigenvalue weighted by atomic mass is 9.86. The molecule has 1 unspecified atom stereocenters. The van der Waals surface area contributed by atoms with E-state index in [2.05, 4.69) is 4.72 Å². The second kappa shape index (κ2) is 6.11. The minimum absolute atomic E-state index is 0.0690. The second-order valence-electron chi connectivity index (χ2n) is 6.07. The first-order valence-electron chi connectivity index (χ1n) is 6.57. The highest BCUT2D eigenvalue weighted by Gasteiger charge is 2.29. The highest BCUT2D eigenvalue weighted by molar-refractivity contribution is 7.89. The molecule has 0 bridgehead atoms. The largest absolute Gasteiger partial charge is 0.398 e. The Morgan fingerprint density at radius 1 is 1.35 bits per heavy atom. The molecule has 0 saturated carbocycles. The Hall–Kier alpha value is -1.11. The molecule has 1 atom stereocenters. The SMILES string of the molecule is Cc1ccc(S(=O)(=O)NC(CCO)C(C)(C)C)cc1N. The number of aryl methyl sites for hydroxylation is 1. The van der Waals surface area contributed by atoms with Gasteiger partial charge in [-0.15, -0.1) is 0 Å². The average molecular weight is 300 g/mol. The summed E-state index contributed by atoms with van der Waals surface area (Å²) < 4.78 is 27.4. The van der Waals surface area contributed by atoms with Gasteiger partial charge < -0.3 is 10.8 Å². The summed E-state index contributed by atoms with van der Waals surface area (Å²) in [6.07, 6.45) is 0.365. The van der Waals surface area contributed by atoms with Gasteiger partial charge >= 0.3 is 0 Å². The lowest BCUT2D eigenvalue weighted by Gasteiger charge is -2.30. The molecule has 0 aromatic heterocycles. The van der Waals surface area contributed by atoms with Gasteiger partial charge in [-0.3, -0.25) is 0 Å². The smallest absolute Gasteiger partial charge is 0.240 e. The van der Waals surface area contributed by atoms with Crippen molar-refractivity contribution in [3.8, 4) is 0 Å². The van der Waals surface area contributed by atoms with E-state index < -0.39 is 10.0 Å². The van der Waals surface area contributed by atoms with Crippen LogP contribution in [0.5, 0.6) is 0 Å². The number of hydrogen-bond acceptors (Lipinski definition) is 4. The van der Waals surface area contributed by atoms with Crippen LogP contribution >= 0.6 is 0 Å². The lowest BCUT2D eigenvalue weighted by Crippen LogP contribution is -2.44. The van der Waals surface area contributed by atoms with Crippen LogP contribution < -0.4 is 10.5 Å². The normalized spacial score (nSPS) is 14.2. The molecule has 0 aliphatic heterocycles. The molecule has 0 aliphatic carbocycles. The van der Waals surface area contributed by atoms with Crippen LogP contribution in [0.1, 0.15) is 32.8 Å². The van der Waals surface area contributed by atoms with Crippen LogP contribution in [0.3, 0.4) is 0 Å². The molecule has 4 N–H and O–H groups in total.